The van der Waals surface area contributed by atoms with E-state index in [0.717, 1.165) is 29.8 Å². The zero-order valence-corrected chi connectivity index (χ0v) is 28.2. The first kappa shape index (κ1) is 33.7. The van der Waals surface area contributed by atoms with Crippen LogP contribution in [0.5, 0.6) is 0 Å². The molecular formula is C37H35ClN6O5. The van der Waals surface area contributed by atoms with Crippen molar-refractivity contribution in [2.45, 2.75) is 37.9 Å². The van der Waals surface area contributed by atoms with Gasteiger partial charge in [-0.15, -0.1) is 11.6 Å². The Bertz CT molecular complexity index is 2040. The molecule has 2 aliphatic rings. The van der Waals surface area contributed by atoms with Gasteiger partial charge in [-0.1, -0.05) is 30.4 Å². The van der Waals surface area contributed by atoms with E-state index in [-0.39, 0.29) is 18.2 Å². The number of nitrogens with zero attached hydrogens (tertiary/aromatic N) is 5. The summed E-state index contributed by atoms with van der Waals surface area (Å²) in [6.07, 6.45) is 7.60. The third-order valence-corrected chi connectivity index (χ3v) is 9.40. The van der Waals surface area contributed by atoms with Crippen LogP contribution in [-0.2, 0) is 22.7 Å². The zero-order valence-electron chi connectivity index (χ0n) is 27.4. The van der Waals surface area contributed by atoms with E-state index in [1.807, 2.05) is 66.4 Å². The van der Waals surface area contributed by atoms with Crippen LogP contribution in [0.2, 0.25) is 0 Å². The summed E-state index contributed by atoms with van der Waals surface area (Å²) >= 11 is 7.20. The minimum absolute atomic E-state index is 0.0825. The molecular weight excluding hydrogens is 644 g/mol. The molecule has 0 saturated carbocycles. The number of fused-ring (bicyclic) bond motifs is 1. The predicted octanol–water partition coefficient (Wildman–Crippen LogP) is 5.13. The van der Waals surface area contributed by atoms with Gasteiger partial charge in [0, 0.05) is 64.1 Å². The number of allylic oxidation sites excluding steroid dienone is 2. The normalized spacial score (nSPS) is 19.4. The van der Waals surface area contributed by atoms with Crippen LogP contribution in [0, 0.1) is 11.3 Å². The maximum absolute atomic E-state index is 13.3. The van der Waals surface area contributed by atoms with Gasteiger partial charge in [-0.05, 0) is 59.5 Å². The number of pyridine rings is 1. The number of rotatable bonds is 9. The number of aldehydes is 1. The highest BCUT2D eigenvalue weighted by Gasteiger charge is 2.38. The lowest BCUT2D eigenvalue weighted by Gasteiger charge is -2.35. The predicted molar refractivity (Wildman–Crippen MR) is 185 cm³/mol. The van der Waals surface area contributed by atoms with Crippen LogP contribution >= 0.6 is 11.6 Å². The Hall–Kier alpha value is -5.15. The molecule has 1 aliphatic heterocycles. The van der Waals surface area contributed by atoms with Gasteiger partial charge in [0.2, 0.25) is 11.8 Å². The lowest BCUT2D eigenvalue weighted by Crippen LogP contribution is -2.48. The Kier molecular flexibility index (Phi) is 9.74. The van der Waals surface area contributed by atoms with Crippen molar-refractivity contribution in [3.8, 4) is 17.5 Å². The summed E-state index contributed by atoms with van der Waals surface area (Å²) in [6.45, 7) is 7.09. The minimum Gasteiger partial charge on any atom is -0.435 e. The summed E-state index contributed by atoms with van der Waals surface area (Å²) in [7, 11) is 1.51. The summed E-state index contributed by atoms with van der Waals surface area (Å²) in [5.74, 6) is 0.00760. The molecule has 2 amide bonds. The maximum atomic E-state index is 13.3. The Morgan fingerprint density at radius 1 is 1.18 bits per heavy atom. The topological polar surface area (TPSA) is 142 Å². The fourth-order valence-corrected chi connectivity index (χ4v) is 6.56. The van der Waals surface area contributed by atoms with Crippen molar-refractivity contribution in [2.75, 3.05) is 33.3 Å². The van der Waals surface area contributed by atoms with Crippen molar-refractivity contribution in [3.05, 3.63) is 100 Å². The Balaban J connectivity index is 1.22. The van der Waals surface area contributed by atoms with Gasteiger partial charge >= 0.3 is 0 Å². The van der Waals surface area contributed by atoms with Gasteiger partial charge in [0.05, 0.1) is 23.1 Å². The number of oxazole rings is 1. The average molecular weight is 679 g/mol. The molecule has 250 valence electrons. The van der Waals surface area contributed by atoms with Crippen LogP contribution < -0.4 is 5.32 Å². The standard InChI is InChI=1S/C37H35ClN6O5/c1-23(46)44-12-10-43(11-13-44)20-24-14-27(18-39)34-31(15-24)41-36(49-34)26-7-4-6-25(16-26)30-8-5-9-33(37(30,2)38)42-35(47)32-17-28(22-48-3)29(21-45)19-40-32/h4-9,14-17,19,21,33H,10-13,20,22H2,1-3H3,(H,42,47). The number of piperazine rings is 1. The van der Waals surface area contributed by atoms with Crippen LogP contribution in [-0.4, -0.2) is 82.1 Å². The van der Waals surface area contributed by atoms with E-state index in [4.69, 9.17) is 25.7 Å². The minimum atomic E-state index is -1.04. The van der Waals surface area contributed by atoms with Crippen LogP contribution in [0.25, 0.3) is 28.1 Å². The molecule has 2 aromatic heterocycles. The molecule has 4 aromatic rings. The molecule has 1 saturated heterocycles. The molecule has 1 fully saturated rings. The summed E-state index contributed by atoms with van der Waals surface area (Å²) in [5, 5.41) is 12.9. The van der Waals surface area contributed by atoms with Gasteiger partial charge < -0.3 is 19.4 Å². The van der Waals surface area contributed by atoms with Gasteiger partial charge in [-0.25, -0.2) is 4.98 Å². The van der Waals surface area contributed by atoms with Crippen LogP contribution in [0.15, 0.2) is 71.3 Å². The third-order valence-electron chi connectivity index (χ3n) is 8.96. The van der Waals surface area contributed by atoms with E-state index >= 15 is 0 Å². The fourth-order valence-electron chi connectivity index (χ4n) is 6.26. The Morgan fingerprint density at radius 3 is 2.67 bits per heavy atom. The number of carbonyl (C=O) groups is 3. The number of nitriles is 1. The lowest BCUT2D eigenvalue weighted by atomic mass is 9.83. The van der Waals surface area contributed by atoms with Crippen molar-refractivity contribution >= 4 is 46.4 Å². The smallest absolute Gasteiger partial charge is 0.270 e. The fraction of sp³-hybridized carbons (Fsp3) is 0.297. The summed E-state index contributed by atoms with van der Waals surface area (Å²) in [5.41, 5.74) is 5.70. The molecule has 11 nitrogen and oxygen atoms in total. The van der Waals surface area contributed by atoms with Gasteiger partial charge in [0.1, 0.15) is 17.3 Å². The van der Waals surface area contributed by atoms with Crippen molar-refractivity contribution < 1.29 is 23.5 Å². The molecule has 2 aromatic carbocycles. The van der Waals surface area contributed by atoms with E-state index in [0.29, 0.717) is 65.2 Å². The summed E-state index contributed by atoms with van der Waals surface area (Å²) in [6, 6.07) is 14.6. The number of benzene rings is 2. The summed E-state index contributed by atoms with van der Waals surface area (Å²) < 4.78 is 11.3. The number of ether oxygens (including phenoxy) is 1. The van der Waals surface area contributed by atoms with Crippen LogP contribution in [0.3, 0.4) is 0 Å². The first-order valence-electron chi connectivity index (χ1n) is 15.8. The number of nitrogens with one attached hydrogen (secondary N) is 1. The van der Waals surface area contributed by atoms with Crippen LogP contribution in [0.1, 0.15) is 56.9 Å². The molecule has 3 heterocycles. The first-order valence-corrected chi connectivity index (χ1v) is 16.2. The molecule has 6 rings (SSSR count). The number of alkyl halides is 1. The van der Waals surface area contributed by atoms with Gasteiger partial charge in [-0.2, -0.15) is 5.26 Å². The van der Waals surface area contributed by atoms with Gasteiger partial charge in [-0.3, -0.25) is 24.3 Å². The molecule has 12 heteroatoms. The highest BCUT2D eigenvalue weighted by atomic mass is 35.5. The molecule has 0 radical (unpaired) electrons. The molecule has 0 bridgehead atoms. The number of hydrogen-bond donors (Lipinski definition) is 1. The van der Waals surface area contributed by atoms with E-state index in [1.54, 1.807) is 13.0 Å². The number of carbonyl (C=O) groups excluding carboxylic acids is 3. The largest absolute Gasteiger partial charge is 0.435 e. The maximum Gasteiger partial charge on any atom is 0.270 e. The second kappa shape index (κ2) is 14.1. The number of aromatic nitrogens is 2. The van der Waals surface area contributed by atoms with Crippen molar-refractivity contribution in [1.82, 2.24) is 25.1 Å². The van der Waals surface area contributed by atoms with Crippen molar-refractivity contribution in [3.63, 3.8) is 0 Å². The van der Waals surface area contributed by atoms with Gasteiger partial charge in [0.25, 0.3) is 5.91 Å². The van der Waals surface area contributed by atoms with Crippen LogP contribution in [0.4, 0.5) is 0 Å². The number of hydrogen-bond acceptors (Lipinski definition) is 9. The van der Waals surface area contributed by atoms with E-state index in [2.05, 4.69) is 21.3 Å². The van der Waals surface area contributed by atoms with E-state index in [1.165, 1.54) is 13.3 Å². The first-order chi connectivity index (χ1) is 23.6. The monoisotopic (exact) mass is 678 g/mol. The van der Waals surface area contributed by atoms with E-state index < -0.39 is 16.8 Å². The molecule has 0 spiro atoms. The Morgan fingerprint density at radius 2 is 1.96 bits per heavy atom. The second-order valence-electron chi connectivity index (χ2n) is 12.3. The van der Waals surface area contributed by atoms with Crippen molar-refractivity contribution in [1.29, 1.82) is 5.26 Å². The number of halogens is 1. The number of amides is 2. The second-order valence-corrected chi connectivity index (χ2v) is 13.1. The highest BCUT2D eigenvalue weighted by molar-refractivity contribution is 6.31. The van der Waals surface area contributed by atoms with Crippen molar-refractivity contribution in [2.24, 2.45) is 0 Å². The number of methoxy groups -OCH3 is 1. The molecule has 2 unspecified atom stereocenters. The lowest BCUT2D eigenvalue weighted by molar-refractivity contribution is -0.130. The average Bonchev–Trinajstić information content (AvgIpc) is 3.53. The Labute approximate surface area is 288 Å². The SMILES string of the molecule is COCc1cc(C(=O)NC2C=CC=C(c3cccc(-c4nc5cc(CN6CCN(C(C)=O)CC6)cc(C#N)c5o4)c3)C2(C)Cl)ncc1C=O. The molecule has 2 atom stereocenters. The third kappa shape index (κ3) is 7.03. The molecule has 49 heavy (non-hydrogen) atoms. The molecule has 1 N–H and O–H groups in total. The highest BCUT2D eigenvalue weighted by Crippen LogP contribution is 2.40. The zero-order chi connectivity index (χ0) is 34.7. The van der Waals surface area contributed by atoms with E-state index in [9.17, 15) is 19.6 Å². The summed E-state index contributed by atoms with van der Waals surface area (Å²) in [4.78, 5) is 48.4. The van der Waals surface area contributed by atoms with Gasteiger partial charge in [0.15, 0.2) is 11.9 Å². The quantitative estimate of drug-likeness (QED) is 0.188. The molecule has 1 aliphatic carbocycles.